The summed E-state index contributed by atoms with van der Waals surface area (Å²) in [5.41, 5.74) is 0.987. The third-order valence-corrected chi connectivity index (χ3v) is 4.42. The Kier molecular flexibility index (Phi) is 5.00. The molecule has 92 valence electrons. The van der Waals surface area contributed by atoms with Crippen LogP contribution in [0, 0.1) is 18.3 Å². The zero-order valence-electron chi connectivity index (χ0n) is 9.73. The van der Waals surface area contributed by atoms with E-state index in [-0.39, 0.29) is 4.90 Å². The van der Waals surface area contributed by atoms with E-state index >= 15 is 0 Å². The largest absolute Gasteiger partial charge is 0.240 e. The van der Waals surface area contributed by atoms with Crippen LogP contribution in [0.2, 0.25) is 0 Å². The summed E-state index contributed by atoms with van der Waals surface area (Å²) in [5.74, 6) is 0.718. The Hall–Kier alpha value is -1.03. The second-order valence-corrected chi connectivity index (χ2v) is 6.20. The van der Waals surface area contributed by atoms with Crippen LogP contribution in [0.25, 0.3) is 0 Å². The van der Waals surface area contributed by atoms with Gasteiger partial charge in [-0.2, -0.15) is 17.0 Å². The van der Waals surface area contributed by atoms with Crippen LogP contribution < -0.4 is 4.72 Å². The van der Waals surface area contributed by atoms with Crippen LogP contribution in [0.3, 0.4) is 0 Å². The van der Waals surface area contributed by atoms with Crippen molar-refractivity contribution in [1.29, 1.82) is 5.26 Å². The summed E-state index contributed by atoms with van der Waals surface area (Å²) in [4.78, 5) is 0.178. The van der Waals surface area contributed by atoms with E-state index in [9.17, 15) is 8.42 Å². The molecule has 17 heavy (non-hydrogen) atoms. The van der Waals surface area contributed by atoms with Crippen molar-refractivity contribution in [3.05, 3.63) is 29.3 Å². The Labute approximate surface area is 106 Å². The molecule has 0 radical (unpaired) electrons. The van der Waals surface area contributed by atoms with Crippen molar-refractivity contribution in [2.45, 2.75) is 11.8 Å². The highest BCUT2D eigenvalue weighted by Gasteiger charge is 2.16. The van der Waals surface area contributed by atoms with Gasteiger partial charge in [0.05, 0.1) is 16.5 Å². The van der Waals surface area contributed by atoms with Crippen molar-refractivity contribution >= 4 is 21.8 Å². The zero-order valence-corrected chi connectivity index (χ0v) is 11.4. The molecule has 0 aliphatic carbocycles. The third-order valence-electron chi connectivity index (χ3n) is 2.21. The van der Waals surface area contributed by atoms with Crippen molar-refractivity contribution in [3.8, 4) is 6.07 Å². The van der Waals surface area contributed by atoms with Gasteiger partial charge in [-0.25, -0.2) is 13.1 Å². The molecule has 0 fully saturated rings. The van der Waals surface area contributed by atoms with Crippen molar-refractivity contribution in [3.63, 3.8) is 0 Å². The molecule has 4 nitrogen and oxygen atoms in total. The summed E-state index contributed by atoms with van der Waals surface area (Å²) >= 11 is 1.57. The first-order valence-corrected chi connectivity index (χ1v) is 7.88. The number of hydrogen-bond acceptors (Lipinski definition) is 4. The minimum Gasteiger partial charge on any atom is -0.210 e. The average molecular weight is 270 g/mol. The number of aryl methyl sites for hydroxylation is 1. The van der Waals surface area contributed by atoms with Gasteiger partial charge in [-0.3, -0.25) is 0 Å². The predicted octanol–water partition coefficient (Wildman–Crippen LogP) is 1.51. The summed E-state index contributed by atoms with van der Waals surface area (Å²) < 4.78 is 26.4. The highest BCUT2D eigenvalue weighted by molar-refractivity contribution is 7.98. The van der Waals surface area contributed by atoms with Gasteiger partial charge in [0.2, 0.25) is 10.0 Å². The van der Waals surface area contributed by atoms with Crippen LogP contribution in [0.15, 0.2) is 23.1 Å². The molecule has 0 amide bonds. The Bertz CT molecular complexity index is 533. The second-order valence-electron chi connectivity index (χ2n) is 3.48. The van der Waals surface area contributed by atoms with Gasteiger partial charge < -0.3 is 0 Å². The second kappa shape index (κ2) is 6.05. The third kappa shape index (κ3) is 3.73. The first-order valence-electron chi connectivity index (χ1n) is 5.00. The lowest BCUT2D eigenvalue weighted by molar-refractivity contribution is 0.583. The number of thioether (sulfide) groups is 1. The molecular weight excluding hydrogens is 256 g/mol. The maximum absolute atomic E-state index is 12.0. The number of nitriles is 1. The Morgan fingerprint density at radius 3 is 2.76 bits per heavy atom. The topological polar surface area (TPSA) is 70.0 Å². The zero-order chi connectivity index (χ0) is 12.9. The first-order chi connectivity index (χ1) is 8.01. The van der Waals surface area contributed by atoms with Gasteiger partial charge in [-0.1, -0.05) is 6.07 Å². The highest BCUT2D eigenvalue weighted by atomic mass is 32.2. The molecule has 1 rings (SSSR count). The lowest BCUT2D eigenvalue weighted by atomic mass is 10.2. The predicted molar refractivity (Wildman–Crippen MR) is 69.5 cm³/mol. The minimum absolute atomic E-state index is 0.178. The Morgan fingerprint density at radius 1 is 1.47 bits per heavy atom. The van der Waals surface area contributed by atoms with Crippen molar-refractivity contribution in [2.75, 3.05) is 18.6 Å². The molecule has 0 spiro atoms. The summed E-state index contributed by atoms with van der Waals surface area (Å²) in [6, 6.07) is 6.59. The number of nitrogens with zero attached hydrogens (tertiary/aromatic N) is 1. The van der Waals surface area contributed by atoms with Gasteiger partial charge in [0, 0.05) is 12.3 Å². The fourth-order valence-corrected chi connectivity index (χ4v) is 3.05. The van der Waals surface area contributed by atoms with E-state index in [4.69, 9.17) is 5.26 Å². The molecule has 1 aromatic carbocycles. The van der Waals surface area contributed by atoms with E-state index < -0.39 is 10.0 Å². The van der Waals surface area contributed by atoms with Gasteiger partial charge in [0.1, 0.15) is 0 Å². The molecule has 0 aromatic heterocycles. The maximum atomic E-state index is 12.0. The number of nitrogens with one attached hydrogen (secondary N) is 1. The van der Waals surface area contributed by atoms with Crippen molar-refractivity contribution in [1.82, 2.24) is 4.72 Å². The van der Waals surface area contributed by atoms with E-state index in [0.717, 1.165) is 5.75 Å². The normalized spacial score (nSPS) is 11.1. The van der Waals surface area contributed by atoms with Gasteiger partial charge in [0.25, 0.3) is 0 Å². The fourth-order valence-electron chi connectivity index (χ4n) is 1.31. The van der Waals surface area contributed by atoms with Gasteiger partial charge in [-0.05, 0) is 30.9 Å². The van der Waals surface area contributed by atoms with E-state index in [1.165, 1.54) is 6.07 Å². The lowest BCUT2D eigenvalue weighted by Gasteiger charge is -2.08. The van der Waals surface area contributed by atoms with Crippen LogP contribution in [-0.4, -0.2) is 27.0 Å². The summed E-state index contributed by atoms with van der Waals surface area (Å²) in [6.07, 6.45) is 1.91. The van der Waals surface area contributed by atoms with Crippen LogP contribution >= 0.6 is 11.8 Å². The molecule has 1 N–H and O–H groups in total. The molecule has 0 saturated heterocycles. The molecular formula is C11H14N2O2S2. The molecule has 0 saturated carbocycles. The summed E-state index contributed by atoms with van der Waals surface area (Å²) in [5, 5.41) is 8.76. The Morgan fingerprint density at radius 2 is 2.18 bits per heavy atom. The lowest BCUT2D eigenvalue weighted by Crippen LogP contribution is -2.26. The summed E-state index contributed by atoms with van der Waals surface area (Å²) in [6.45, 7) is 2.10. The van der Waals surface area contributed by atoms with Crippen LogP contribution in [0.4, 0.5) is 0 Å². The molecule has 0 atom stereocenters. The van der Waals surface area contributed by atoms with E-state index in [1.54, 1.807) is 30.8 Å². The van der Waals surface area contributed by atoms with Crippen LogP contribution in [0.5, 0.6) is 0 Å². The number of benzene rings is 1. The minimum atomic E-state index is -3.51. The van der Waals surface area contributed by atoms with Crippen molar-refractivity contribution in [2.24, 2.45) is 0 Å². The highest BCUT2D eigenvalue weighted by Crippen LogP contribution is 2.16. The molecule has 0 bridgehead atoms. The first kappa shape index (κ1) is 14.0. The van der Waals surface area contributed by atoms with Crippen LogP contribution in [-0.2, 0) is 10.0 Å². The molecule has 6 heteroatoms. The number of sulfonamides is 1. The SMILES string of the molecule is CSCCNS(=O)(=O)c1cc(C#N)ccc1C. The smallest absolute Gasteiger partial charge is 0.210 e. The van der Waals surface area contributed by atoms with Crippen molar-refractivity contribution < 1.29 is 8.42 Å². The van der Waals surface area contributed by atoms with E-state index in [2.05, 4.69) is 4.72 Å². The van der Waals surface area contributed by atoms with Gasteiger partial charge >= 0.3 is 0 Å². The quantitative estimate of drug-likeness (QED) is 0.823. The molecule has 0 aliphatic heterocycles. The van der Waals surface area contributed by atoms with E-state index in [0.29, 0.717) is 17.7 Å². The Balaban J connectivity index is 3.02. The van der Waals surface area contributed by atoms with Crippen LogP contribution in [0.1, 0.15) is 11.1 Å². The van der Waals surface area contributed by atoms with E-state index in [1.807, 2.05) is 12.3 Å². The van der Waals surface area contributed by atoms with Gasteiger partial charge in [0.15, 0.2) is 0 Å². The number of rotatable bonds is 5. The monoisotopic (exact) mass is 270 g/mol. The molecule has 0 unspecified atom stereocenters. The molecule has 0 aliphatic rings. The summed E-state index contributed by atoms with van der Waals surface area (Å²) in [7, 11) is -3.51. The standard InChI is InChI=1S/C11H14N2O2S2/c1-9-3-4-10(8-12)7-11(9)17(14,15)13-5-6-16-2/h3-4,7,13H,5-6H2,1-2H3. The number of hydrogen-bond donors (Lipinski definition) is 1. The average Bonchev–Trinajstić information content (AvgIpc) is 2.29. The molecule has 0 heterocycles. The molecule has 1 aromatic rings. The fraction of sp³-hybridized carbons (Fsp3) is 0.364. The van der Waals surface area contributed by atoms with Gasteiger partial charge in [-0.15, -0.1) is 0 Å². The maximum Gasteiger partial charge on any atom is 0.240 e.